The summed E-state index contributed by atoms with van der Waals surface area (Å²) in [7, 11) is 0. The summed E-state index contributed by atoms with van der Waals surface area (Å²) in [5.41, 5.74) is 6.82. The Balaban J connectivity index is 2.09. The Morgan fingerprint density at radius 3 is 2.58 bits per heavy atom. The van der Waals surface area contributed by atoms with Crippen molar-refractivity contribution in [2.24, 2.45) is 17.6 Å². The predicted molar refractivity (Wildman–Crippen MR) is 97.2 cm³/mol. The lowest BCUT2D eigenvalue weighted by atomic mass is 9.95. The Hall–Kier alpha value is -1.59. The Labute approximate surface area is 148 Å². The molecule has 0 unspecified atom stereocenters. The van der Waals surface area contributed by atoms with Crippen LogP contribution in [0.2, 0.25) is 5.02 Å². The van der Waals surface area contributed by atoms with Crippen molar-refractivity contribution in [1.82, 2.24) is 4.90 Å². The van der Waals surface area contributed by atoms with E-state index >= 15 is 0 Å². The Kier molecular flexibility index (Phi) is 6.63. The molecule has 1 saturated carbocycles. The number of rotatable bonds is 6. The Bertz CT molecular complexity index is 602. The van der Waals surface area contributed by atoms with Gasteiger partial charge in [0, 0.05) is 24.7 Å². The number of hydrogen-bond acceptors (Lipinski definition) is 3. The lowest BCUT2D eigenvalue weighted by Crippen LogP contribution is -2.31. The standard InChI is InChI=1S/C18H26ClN3O2/c1-3-22(4-2)18(24)15-9-8-13(10-16(15)19)21-17(23)14-7-5-6-12(14)11-20/h8-10,12,14H,3-7,11,20H2,1-2H3,(H,21,23)/t12-,14-/m1/s1. The second-order valence-electron chi connectivity index (χ2n) is 6.19. The van der Waals surface area contributed by atoms with Gasteiger partial charge >= 0.3 is 0 Å². The van der Waals surface area contributed by atoms with Crippen LogP contribution in [0.1, 0.15) is 43.5 Å². The number of nitrogens with two attached hydrogens (primary N) is 1. The predicted octanol–water partition coefficient (Wildman–Crippen LogP) is 3.14. The number of halogens is 1. The van der Waals surface area contributed by atoms with E-state index < -0.39 is 0 Å². The quantitative estimate of drug-likeness (QED) is 0.826. The Morgan fingerprint density at radius 1 is 1.29 bits per heavy atom. The highest BCUT2D eigenvalue weighted by Gasteiger charge is 2.32. The molecule has 2 rings (SSSR count). The van der Waals surface area contributed by atoms with Gasteiger partial charge in [-0.1, -0.05) is 18.0 Å². The molecule has 1 aromatic carbocycles. The summed E-state index contributed by atoms with van der Waals surface area (Å²) in [4.78, 5) is 26.5. The van der Waals surface area contributed by atoms with Crippen molar-refractivity contribution >= 4 is 29.1 Å². The zero-order valence-electron chi connectivity index (χ0n) is 14.3. The fourth-order valence-electron chi connectivity index (χ4n) is 3.35. The smallest absolute Gasteiger partial charge is 0.255 e. The van der Waals surface area contributed by atoms with Crippen LogP contribution >= 0.6 is 11.6 Å². The normalized spacial score (nSPS) is 20.0. The molecule has 1 aliphatic rings. The first-order valence-electron chi connectivity index (χ1n) is 8.61. The van der Waals surface area contributed by atoms with Crippen molar-refractivity contribution in [3.05, 3.63) is 28.8 Å². The number of benzene rings is 1. The van der Waals surface area contributed by atoms with Crippen molar-refractivity contribution in [2.45, 2.75) is 33.1 Å². The van der Waals surface area contributed by atoms with E-state index in [-0.39, 0.29) is 23.7 Å². The molecule has 6 heteroatoms. The molecule has 5 nitrogen and oxygen atoms in total. The molecule has 1 aromatic rings. The number of hydrogen-bond donors (Lipinski definition) is 2. The number of amides is 2. The summed E-state index contributed by atoms with van der Waals surface area (Å²) in [5, 5.41) is 3.26. The third-order valence-corrected chi connectivity index (χ3v) is 5.13. The summed E-state index contributed by atoms with van der Waals surface area (Å²) in [5.74, 6) is 0.110. The van der Waals surface area contributed by atoms with Gasteiger partial charge < -0.3 is 16.0 Å². The largest absolute Gasteiger partial charge is 0.339 e. The molecule has 0 heterocycles. The molecule has 0 aliphatic heterocycles. The van der Waals surface area contributed by atoms with E-state index in [1.807, 2.05) is 13.8 Å². The van der Waals surface area contributed by atoms with Crippen LogP contribution in [0.3, 0.4) is 0 Å². The first-order chi connectivity index (χ1) is 11.5. The van der Waals surface area contributed by atoms with E-state index in [2.05, 4.69) is 5.32 Å². The van der Waals surface area contributed by atoms with Crippen LogP contribution in [-0.2, 0) is 4.79 Å². The average Bonchev–Trinajstić information content (AvgIpc) is 3.04. The topological polar surface area (TPSA) is 75.4 Å². The van der Waals surface area contributed by atoms with Gasteiger partial charge in [0.1, 0.15) is 0 Å². The maximum absolute atomic E-state index is 12.4. The molecule has 0 radical (unpaired) electrons. The molecular formula is C18H26ClN3O2. The van der Waals surface area contributed by atoms with Gasteiger partial charge in [-0.15, -0.1) is 0 Å². The van der Waals surface area contributed by atoms with E-state index in [0.29, 0.717) is 35.9 Å². The third kappa shape index (κ3) is 4.08. The summed E-state index contributed by atoms with van der Waals surface area (Å²) in [6.07, 6.45) is 2.92. The van der Waals surface area contributed by atoms with E-state index in [4.69, 9.17) is 17.3 Å². The Morgan fingerprint density at radius 2 is 2.00 bits per heavy atom. The number of carbonyl (C=O) groups is 2. The molecule has 3 N–H and O–H groups in total. The first-order valence-corrected chi connectivity index (χ1v) is 8.99. The SMILES string of the molecule is CCN(CC)C(=O)c1ccc(NC(=O)[C@@H]2CCC[C@@H]2CN)cc1Cl. The van der Waals surface area contributed by atoms with Gasteiger partial charge in [0.25, 0.3) is 5.91 Å². The lowest BCUT2D eigenvalue weighted by molar-refractivity contribution is -0.120. The fraction of sp³-hybridized carbons (Fsp3) is 0.556. The summed E-state index contributed by atoms with van der Waals surface area (Å²) >= 11 is 6.26. The molecule has 0 bridgehead atoms. The van der Waals surface area contributed by atoms with Crippen molar-refractivity contribution in [2.75, 3.05) is 25.0 Å². The van der Waals surface area contributed by atoms with Gasteiger partial charge in [-0.2, -0.15) is 0 Å². The number of carbonyl (C=O) groups excluding carboxylic acids is 2. The molecule has 0 aromatic heterocycles. The van der Waals surface area contributed by atoms with E-state index in [0.717, 1.165) is 19.3 Å². The highest BCUT2D eigenvalue weighted by molar-refractivity contribution is 6.34. The minimum absolute atomic E-state index is 0.0122. The van der Waals surface area contributed by atoms with Gasteiger partial charge in [-0.05, 0) is 57.4 Å². The maximum atomic E-state index is 12.4. The second kappa shape index (κ2) is 8.49. The number of nitrogens with one attached hydrogen (secondary N) is 1. The van der Waals surface area contributed by atoms with Gasteiger partial charge in [0.05, 0.1) is 10.6 Å². The highest BCUT2D eigenvalue weighted by Crippen LogP contribution is 2.32. The second-order valence-corrected chi connectivity index (χ2v) is 6.60. The molecule has 132 valence electrons. The van der Waals surface area contributed by atoms with Crippen LogP contribution in [0.4, 0.5) is 5.69 Å². The average molecular weight is 352 g/mol. The van der Waals surface area contributed by atoms with Gasteiger partial charge in [0.15, 0.2) is 0 Å². The van der Waals surface area contributed by atoms with Crippen LogP contribution in [0.15, 0.2) is 18.2 Å². The monoisotopic (exact) mass is 351 g/mol. The molecule has 2 amide bonds. The summed E-state index contributed by atoms with van der Waals surface area (Å²) in [6.45, 7) is 5.66. The zero-order chi connectivity index (χ0) is 17.7. The van der Waals surface area contributed by atoms with Crippen LogP contribution in [0.5, 0.6) is 0 Å². The van der Waals surface area contributed by atoms with E-state index in [9.17, 15) is 9.59 Å². The number of anilines is 1. The van der Waals surface area contributed by atoms with Crippen LogP contribution in [0, 0.1) is 11.8 Å². The third-order valence-electron chi connectivity index (χ3n) is 4.82. The van der Waals surface area contributed by atoms with Gasteiger partial charge in [-0.25, -0.2) is 0 Å². The van der Waals surface area contributed by atoms with Gasteiger partial charge in [-0.3, -0.25) is 9.59 Å². The van der Waals surface area contributed by atoms with Crippen LogP contribution < -0.4 is 11.1 Å². The molecule has 24 heavy (non-hydrogen) atoms. The van der Waals surface area contributed by atoms with Crippen molar-refractivity contribution < 1.29 is 9.59 Å². The molecule has 0 saturated heterocycles. The van der Waals surface area contributed by atoms with E-state index in [1.165, 1.54) is 0 Å². The molecule has 0 spiro atoms. The van der Waals surface area contributed by atoms with Gasteiger partial charge in [0.2, 0.25) is 5.91 Å². The van der Waals surface area contributed by atoms with E-state index in [1.54, 1.807) is 23.1 Å². The maximum Gasteiger partial charge on any atom is 0.255 e. The summed E-state index contributed by atoms with van der Waals surface area (Å²) in [6, 6.07) is 5.04. The summed E-state index contributed by atoms with van der Waals surface area (Å²) < 4.78 is 0. The molecule has 1 fully saturated rings. The molecule has 1 aliphatic carbocycles. The van der Waals surface area contributed by atoms with Crippen molar-refractivity contribution in [3.8, 4) is 0 Å². The van der Waals surface area contributed by atoms with Crippen molar-refractivity contribution in [3.63, 3.8) is 0 Å². The molecule has 2 atom stereocenters. The minimum Gasteiger partial charge on any atom is -0.339 e. The minimum atomic E-state index is -0.0955. The molecular weight excluding hydrogens is 326 g/mol. The highest BCUT2D eigenvalue weighted by atomic mass is 35.5. The van der Waals surface area contributed by atoms with Crippen molar-refractivity contribution in [1.29, 1.82) is 0 Å². The van der Waals surface area contributed by atoms with Crippen LogP contribution in [-0.4, -0.2) is 36.3 Å². The number of nitrogens with zero attached hydrogens (tertiary/aromatic N) is 1. The fourth-order valence-corrected chi connectivity index (χ4v) is 3.61. The first kappa shape index (κ1) is 18.7. The zero-order valence-corrected chi connectivity index (χ0v) is 15.1. The lowest BCUT2D eigenvalue weighted by Gasteiger charge is -2.20. The van der Waals surface area contributed by atoms with Crippen LogP contribution in [0.25, 0.3) is 0 Å².